The molecule has 0 radical (unpaired) electrons. The van der Waals surface area contributed by atoms with E-state index < -0.39 is 11.5 Å². The first kappa shape index (κ1) is 19.9. The van der Waals surface area contributed by atoms with Gasteiger partial charge in [0.25, 0.3) is 5.91 Å². The van der Waals surface area contributed by atoms with E-state index in [1.165, 1.54) is 6.07 Å². The number of amides is 1. The third-order valence-corrected chi connectivity index (χ3v) is 5.47. The molecule has 0 spiro atoms. The molecule has 2 heterocycles. The minimum atomic E-state index is -0.681. The summed E-state index contributed by atoms with van der Waals surface area (Å²) in [6.45, 7) is 0. The Morgan fingerprint density at radius 1 is 0.969 bits per heavy atom. The number of carbonyl (C=O) groups excluding carboxylic acids is 1. The predicted molar refractivity (Wildman–Crippen MR) is 125 cm³/mol. The number of halogens is 1. The van der Waals surface area contributed by atoms with Crippen molar-refractivity contribution in [3.8, 4) is 16.9 Å². The maximum absolute atomic E-state index is 12.7. The standard InChI is InChI=1S/C24H15BrN4O3/c25-17-7-5-15(6-8-17)21-14-26-28-29(21)19-11-9-18(10-12-19)27-23(30)20-13-16-3-1-2-4-22(16)32-24(20)31/h1-14H,(H,27,30). The predicted octanol–water partition coefficient (Wildman–Crippen LogP) is 5.06. The SMILES string of the molecule is O=C(Nc1ccc(-n2nncc2-c2ccc(Br)cc2)cc1)c1cc2ccccc2oc1=O. The first-order chi connectivity index (χ1) is 15.6. The lowest BCUT2D eigenvalue weighted by Gasteiger charge is -2.09. The first-order valence-corrected chi connectivity index (χ1v) is 10.5. The molecule has 0 fully saturated rings. The van der Waals surface area contributed by atoms with Crippen molar-refractivity contribution in [2.24, 2.45) is 0 Å². The van der Waals surface area contributed by atoms with Gasteiger partial charge in [0.05, 0.1) is 17.6 Å². The van der Waals surface area contributed by atoms with Crippen LogP contribution in [0, 0.1) is 0 Å². The molecule has 0 unspecified atom stereocenters. The van der Waals surface area contributed by atoms with Crippen molar-refractivity contribution in [3.63, 3.8) is 0 Å². The Labute approximate surface area is 190 Å². The van der Waals surface area contributed by atoms with Gasteiger partial charge in [-0.3, -0.25) is 4.79 Å². The Kier molecular flexibility index (Phi) is 5.12. The molecule has 0 atom stereocenters. The van der Waals surface area contributed by atoms with Gasteiger partial charge in [-0.2, -0.15) is 0 Å². The van der Waals surface area contributed by atoms with E-state index in [4.69, 9.17) is 4.42 Å². The molecule has 156 valence electrons. The number of carbonyl (C=O) groups is 1. The zero-order valence-electron chi connectivity index (χ0n) is 16.5. The third-order valence-electron chi connectivity index (χ3n) is 4.95. The van der Waals surface area contributed by atoms with E-state index in [1.54, 1.807) is 41.2 Å². The molecule has 32 heavy (non-hydrogen) atoms. The van der Waals surface area contributed by atoms with Crippen LogP contribution in [0.4, 0.5) is 5.69 Å². The van der Waals surface area contributed by atoms with Gasteiger partial charge in [0.15, 0.2) is 0 Å². The molecule has 5 rings (SSSR count). The largest absolute Gasteiger partial charge is 0.422 e. The van der Waals surface area contributed by atoms with Crippen LogP contribution in [0.25, 0.3) is 27.9 Å². The summed E-state index contributed by atoms with van der Waals surface area (Å²) in [6, 6.07) is 23.5. The van der Waals surface area contributed by atoms with Crippen LogP contribution in [0.15, 0.2) is 98.7 Å². The van der Waals surface area contributed by atoms with Crippen molar-refractivity contribution in [1.82, 2.24) is 15.0 Å². The molecule has 1 N–H and O–H groups in total. The summed E-state index contributed by atoms with van der Waals surface area (Å²) in [6.07, 6.45) is 1.69. The lowest BCUT2D eigenvalue weighted by Crippen LogP contribution is -2.20. The molecule has 0 aliphatic carbocycles. The lowest BCUT2D eigenvalue weighted by molar-refractivity contribution is 0.102. The van der Waals surface area contributed by atoms with Crippen molar-refractivity contribution < 1.29 is 9.21 Å². The van der Waals surface area contributed by atoms with Crippen LogP contribution in [0.1, 0.15) is 10.4 Å². The van der Waals surface area contributed by atoms with Crippen LogP contribution in [0.2, 0.25) is 0 Å². The number of fused-ring (bicyclic) bond motifs is 1. The maximum atomic E-state index is 12.7. The van der Waals surface area contributed by atoms with Gasteiger partial charge < -0.3 is 9.73 Å². The number of hydrogen-bond donors (Lipinski definition) is 1. The van der Waals surface area contributed by atoms with E-state index in [0.29, 0.717) is 16.7 Å². The van der Waals surface area contributed by atoms with Crippen molar-refractivity contribution in [1.29, 1.82) is 0 Å². The number of benzene rings is 3. The summed E-state index contributed by atoms with van der Waals surface area (Å²) in [7, 11) is 0. The van der Waals surface area contributed by atoms with Crippen LogP contribution >= 0.6 is 15.9 Å². The zero-order chi connectivity index (χ0) is 22.1. The summed E-state index contributed by atoms with van der Waals surface area (Å²) in [4.78, 5) is 24.9. The molecular formula is C24H15BrN4O3. The van der Waals surface area contributed by atoms with Gasteiger partial charge in [-0.1, -0.05) is 51.5 Å². The maximum Gasteiger partial charge on any atom is 0.349 e. The Morgan fingerprint density at radius 3 is 2.50 bits per heavy atom. The van der Waals surface area contributed by atoms with Crippen LogP contribution in [-0.2, 0) is 0 Å². The number of nitrogens with zero attached hydrogens (tertiary/aromatic N) is 3. The quantitative estimate of drug-likeness (QED) is 0.358. The number of rotatable bonds is 4. The van der Waals surface area contributed by atoms with Gasteiger partial charge in [0.2, 0.25) is 0 Å². The number of aromatic nitrogens is 3. The second kappa shape index (κ2) is 8.24. The van der Waals surface area contributed by atoms with E-state index in [2.05, 4.69) is 31.6 Å². The zero-order valence-corrected chi connectivity index (χ0v) is 18.1. The van der Waals surface area contributed by atoms with Crippen molar-refractivity contribution >= 4 is 38.5 Å². The average molecular weight is 487 g/mol. The van der Waals surface area contributed by atoms with E-state index in [-0.39, 0.29) is 5.56 Å². The van der Waals surface area contributed by atoms with E-state index in [1.807, 2.05) is 42.5 Å². The molecule has 8 heteroatoms. The monoisotopic (exact) mass is 486 g/mol. The molecule has 0 aliphatic rings. The molecular weight excluding hydrogens is 472 g/mol. The number of hydrogen-bond acceptors (Lipinski definition) is 5. The molecule has 0 aliphatic heterocycles. The van der Waals surface area contributed by atoms with Gasteiger partial charge in [0.1, 0.15) is 11.1 Å². The first-order valence-electron chi connectivity index (χ1n) is 9.70. The highest BCUT2D eigenvalue weighted by Gasteiger charge is 2.14. The summed E-state index contributed by atoms with van der Waals surface area (Å²) in [5.41, 5.74) is 2.83. The van der Waals surface area contributed by atoms with Crippen molar-refractivity contribution in [2.45, 2.75) is 0 Å². The van der Waals surface area contributed by atoms with Crippen LogP contribution in [-0.4, -0.2) is 20.9 Å². The highest BCUT2D eigenvalue weighted by Crippen LogP contribution is 2.24. The fourth-order valence-electron chi connectivity index (χ4n) is 3.35. The summed E-state index contributed by atoms with van der Waals surface area (Å²) in [5.74, 6) is -0.534. The molecule has 5 aromatic rings. The lowest BCUT2D eigenvalue weighted by atomic mass is 10.1. The van der Waals surface area contributed by atoms with Gasteiger partial charge in [0, 0.05) is 21.1 Å². The minimum absolute atomic E-state index is 0.0541. The minimum Gasteiger partial charge on any atom is -0.422 e. The molecule has 0 bridgehead atoms. The van der Waals surface area contributed by atoms with Crippen LogP contribution < -0.4 is 10.9 Å². The Balaban J connectivity index is 1.39. The number of anilines is 1. The second-order valence-electron chi connectivity index (χ2n) is 7.02. The summed E-state index contributed by atoms with van der Waals surface area (Å²) >= 11 is 3.43. The topological polar surface area (TPSA) is 90.0 Å². The third kappa shape index (κ3) is 3.83. The van der Waals surface area contributed by atoms with Gasteiger partial charge in [-0.05, 0) is 48.5 Å². The molecule has 0 saturated carbocycles. The van der Waals surface area contributed by atoms with Crippen molar-refractivity contribution in [3.05, 3.63) is 106 Å². The van der Waals surface area contributed by atoms with Crippen LogP contribution in [0.3, 0.4) is 0 Å². The Bertz CT molecular complexity index is 1490. The van der Waals surface area contributed by atoms with E-state index in [0.717, 1.165) is 21.4 Å². The fourth-order valence-corrected chi connectivity index (χ4v) is 3.61. The normalized spacial score (nSPS) is 10.9. The Morgan fingerprint density at radius 2 is 1.72 bits per heavy atom. The fraction of sp³-hybridized carbons (Fsp3) is 0. The molecule has 0 saturated heterocycles. The molecule has 3 aromatic carbocycles. The average Bonchev–Trinajstić information content (AvgIpc) is 3.29. The van der Waals surface area contributed by atoms with Gasteiger partial charge in [-0.15, -0.1) is 5.10 Å². The van der Waals surface area contributed by atoms with Gasteiger partial charge >= 0.3 is 5.63 Å². The highest BCUT2D eigenvalue weighted by atomic mass is 79.9. The Hall–Kier alpha value is -4.04. The van der Waals surface area contributed by atoms with Crippen LogP contribution in [0.5, 0.6) is 0 Å². The highest BCUT2D eigenvalue weighted by molar-refractivity contribution is 9.10. The smallest absolute Gasteiger partial charge is 0.349 e. The molecule has 7 nitrogen and oxygen atoms in total. The van der Waals surface area contributed by atoms with E-state index >= 15 is 0 Å². The van der Waals surface area contributed by atoms with E-state index in [9.17, 15) is 9.59 Å². The molecule has 2 aromatic heterocycles. The van der Waals surface area contributed by atoms with Gasteiger partial charge in [-0.25, -0.2) is 9.48 Å². The number of nitrogens with one attached hydrogen (secondary N) is 1. The van der Waals surface area contributed by atoms with Crippen molar-refractivity contribution in [2.75, 3.05) is 5.32 Å². The molecule has 1 amide bonds. The summed E-state index contributed by atoms with van der Waals surface area (Å²) < 4.78 is 7.95. The summed E-state index contributed by atoms with van der Waals surface area (Å²) in [5, 5.41) is 11.6. The second-order valence-corrected chi connectivity index (χ2v) is 7.94. The number of para-hydroxylation sites is 1.